The summed E-state index contributed by atoms with van der Waals surface area (Å²) in [5, 5.41) is 5.90. The molecular weight excluding hydrogens is 264 g/mol. The Morgan fingerprint density at radius 1 is 1.58 bits per heavy atom. The van der Waals surface area contributed by atoms with Gasteiger partial charge >= 0.3 is 5.97 Å². The molecule has 19 heavy (non-hydrogen) atoms. The van der Waals surface area contributed by atoms with Gasteiger partial charge in [-0.2, -0.15) is 0 Å². The second-order valence-corrected chi connectivity index (χ2v) is 4.89. The average Bonchev–Trinajstić information content (AvgIpc) is 3.00. The van der Waals surface area contributed by atoms with Crippen molar-refractivity contribution in [1.82, 2.24) is 14.5 Å². The van der Waals surface area contributed by atoms with Crippen molar-refractivity contribution in [3.8, 4) is 0 Å². The average molecular weight is 280 g/mol. The Morgan fingerprint density at radius 3 is 3.11 bits per heavy atom. The summed E-state index contributed by atoms with van der Waals surface area (Å²) in [6.07, 6.45) is 4.75. The summed E-state index contributed by atoms with van der Waals surface area (Å²) in [6, 6.07) is 0. The fourth-order valence-corrected chi connectivity index (χ4v) is 2.35. The van der Waals surface area contributed by atoms with E-state index in [2.05, 4.69) is 20.0 Å². The molecular formula is C12H16N4O2S. The number of aryl methyl sites for hydroxylation is 1. The van der Waals surface area contributed by atoms with Crippen molar-refractivity contribution in [3.05, 3.63) is 29.3 Å². The first-order valence-electron chi connectivity index (χ1n) is 5.90. The molecule has 2 heterocycles. The molecule has 2 aromatic rings. The van der Waals surface area contributed by atoms with Crippen LogP contribution in [0.25, 0.3) is 0 Å². The predicted octanol–water partition coefficient (Wildman–Crippen LogP) is 1.25. The molecule has 0 radical (unpaired) electrons. The van der Waals surface area contributed by atoms with E-state index >= 15 is 0 Å². The van der Waals surface area contributed by atoms with E-state index in [0.29, 0.717) is 0 Å². The summed E-state index contributed by atoms with van der Waals surface area (Å²) in [4.78, 5) is 19.7. The highest BCUT2D eigenvalue weighted by atomic mass is 32.1. The quantitative estimate of drug-likeness (QED) is 0.806. The third-order valence-corrected chi connectivity index (χ3v) is 3.50. The van der Waals surface area contributed by atoms with Gasteiger partial charge < -0.3 is 14.6 Å². The summed E-state index contributed by atoms with van der Waals surface area (Å²) >= 11 is 1.49. The molecule has 0 unspecified atom stereocenters. The van der Waals surface area contributed by atoms with Crippen molar-refractivity contribution in [1.29, 1.82) is 0 Å². The highest BCUT2D eigenvalue weighted by molar-refractivity contribution is 7.13. The summed E-state index contributed by atoms with van der Waals surface area (Å²) in [5.74, 6) is 0.753. The minimum absolute atomic E-state index is 0.216. The number of carbonyl (C=O) groups excluding carboxylic acids is 1. The van der Waals surface area contributed by atoms with E-state index in [1.807, 2.05) is 23.2 Å². The number of ether oxygens (including phenoxy) is 1. The molecule has 0 fully saturated rings. The lowest BCUT2D eigenvalue weighted by Gasteiger charge is -2.02. The van der Waals surface area contributed by atoms with Gasteiger partial charge in [-0.25, -0.2) is 9.97 Å². The molecule has 0 bridgehead atoms. The molecule has 0 saturated heterocycles. The first-order chi connectivity index (χ1) is 9.19. The second kappa shape index (κ2) is 6.33. The van der Waals surface area contributed by atoms with Crippen LogP contribution in [0.15, 0.2) is 17.8 Å². The normalized spacial score (nSPS) is 10.4. The molecule has 2 rings (SSSR count). The number of nitrogens with one attached hydrogen (secondary N) is 1. The third kappa shape index (κ3) is 3.78. The van der Waals surface area contributed by atoms with Crippen LogP contribution in [0.2, 0.25) is 0 Å². The molecule has 0 atom stereocenters. The van der Waals surface area contributed by atoms with Crippen LogP contribution < -0.4 is 5.32 Å². The fraction of sp³-hybridized carbons (Fsp3) is 0.417. The maximum Gasteiger partial charge on any atom is 0.311 e. The van der Waals surface area contributed by atoms with Crippen LogP contribution >= 0.6 is 11.3 Å². The number of hydrogen-bond acceptors (Lipinski definition) is 6. The van der Waals surface area contributed by atoms with Crippen LogP contribution in [0.1, 0.15) is 11.5 Å². The van der Waals surface area contributed by atoms with Crippen molar-refractivity contribution in [3.63, 3.8) is 0 Å². The number of methoxy groups -OCH3 is 1. The number of thiazole rings is 1. The molecule has 102 valence electrons. The van der Waals surface area contributed by atoms with Crippen molar-refractivity contribution in [2.24, 2.45) is 7.05 Å². The molecule has 6 nitrogen and oxygen atoms in total. The molecule has 7 heteroatoms. The molecule has 0 saturated carbocycles. The van der Waals surface area contributed by atoms with E-state index in [4.69, 9.17) is 0 Å². The zero-order valence-corrected chi connectivity index (χ0v) is 11.7. The van der Waals surface area contributed by atoms with Gasteiger partial charge in [0.05, 0.1) is 19.2 Å². The van der Waals surface area contributed by atoms with Crippen LogP contribution in [0.5, 0.6) is 0 Å². The van der Waals surface area contributed by atoms with Gasteiger partial charge in [0.25, 0.3) is 0 Å². The Bertz CT molecular complexity index is 549. The van der Waals surface area contributed by atoms with Crippen LogP contribution in [0.4, 0.5) is 5.13 Å². The largest absolute Gasteiger partial charge is 0.469 e. The molecule has 2 aromatic heterocycles. The van der Waals surface area contributed by atoms with Gasteiger partial charge in [0, 0.05) is 37.8 Å². The van der Waals surface area contributed by atoms with Crippen LogP contribution in [-0.2, 0) is 29.4 Å². The lowest BCUT2D eigenvalue weighted by atomic mass is 10.3. The van der Waals surface area contributed by atoms with Gasteiger partial charge in [-0.05, 0) is 0 Å². The molecule has 0 amide bonds. The number of imidazole rings is 1. The zero-order valence-electron chi connectivity index (χ0n) is 10.9. The highest BCUT2D eigenvalue weighted by Gasteiger charge is 2.07. The molecule has 0 spiro atoms. The first-order valence-corrected chi connectivity index (χ1v) is 6.78. The van der Waals surface area contributed by atoms with E-state index in [9.17, 15) is 4.79 Å². The second-order valence-electron chi connectivity index (χ2n) is 4.03. The summed E-state index contributed by atoms with van der Waals surface area (Å²) in [5.41, 5.74) is 0.733. The number of carbonyl (C=O) groups is 1. The standard InChI is InChI=1S/C12H16N4O2S/c1-16-6-5-13-10(16)3-4-14-12-15-9(8-19-12)7-11(17)18-2/h5-6,8H,3-4,7H2,1-2H3,(H,14,15). The summed E-state index contributed by atoms with van der Waals surface area (Å²) in [6.45, 7) is 0.760. The number of hydrogen-bond donors (Lipinski definition) is 1. The van der Waals surface area contributed by atoms with Gasteiger partial charge in [-0.1, -0.05) is 0 Å². The Labute approximate surface area is 115 Å². The number of aromatic nitrogens is 3. The third-order valence-electron chi connectivity index (χ3n) is 2.65. The lowest BCUT2D eigenvalue weighted by molar-refractivity contribution is -0.139. The van der Waals surface area contributed by atoms with Gasteiger partial charge in [0.1, 0.15) is 5.82 Å². The monoisotopic (exact) mass is 280 g/mol. The smallest absolute Gasteiger partial charge is 0.311 e. The number of nitrogens with zero attached hydrogens (tertiary/aromatic N) is 3. The maximum absolute atomic E-state index is 11.1. The lowest BCUT2D eigenvalue weighted by Crippen LogP contribution is -2.09. The predicted molar refractivity (Wildman–Crippen MR) is 73.2 cm³/mol. The molecule has 0 aliphatic carbocycles. The summed E-state index contributed by atoms with van der Waals surface area (Å²) in [7, 11) is 3.35. The Kier molecular flexibility index (Phi) is 4.51. The van der Waals surface area contributed by atoms with Gasteiger partial charge in [0.15, 0.2) is 5.13 Å². The number of rotatable bonds is 6. The minimum atomic E-state index is -0.273. The fourth-order valence-electron chi connectivity index (χ4n) is 1.61. The Hall–Kier alpha value is -1.89. The molecule has 0 aliphatic rings. The number of anilines is 1. The van der Waals surface area contributed by atoms with E-state index in [0.717, 1.165) is 29.6 Å². The first kappa shape index (κ1) is 13.5. The van der Waals surface area contributed by atoms with Crippen molar-refractivity contribution < 1.29 is 9.53 Å². The zero-order chi connectivity index (χ0) is 13.7. The highest BCUT2D eigenvalue weighted by Crippen LogP contribution is 2.15. The van der Waals surface area contributed by atoms with Gasteiger partial charge in [-0.15, -0.1) is 11.3 Å². The van der Waals surface area contributed by atoms with Gasteiger partial charge in [0.2, 0.25) is 0 Å². The Morgan fingerprint density at radius 2 is 2.42 bits per heavy atom. The minimum Gasteiger partial charge on any atom is -0.469 e. The Balaban J connectivity index is 1.80. The SMILES string of the molecule is COC(=O)Cc1csc(NCCc2nccn2C)n1. The van der Waals surface area contributed by atoms with Crippen LogP contribution in [0.3, 0.4) is 0 Å². The van der Waals surface area contributed by atoms with Crippen LogP contribution in [0, 0.1) is 0 Å². The van der Waals surface area contributed by atoms with Gasteiger partial charge in [-0.3, -0.25) is 4.79 Å². The van der Waals surface area contributed by atoms with Crippen molar-refractivity contribution in [2.45, 2.75) is 12.8 Å². The topological polar surface area (TPSA) is 69.0 Å². The van der Waals surface area contributed by atoms with Crippen molar-refractivity contribution in [2.75, 3.05) is 19.0 Å². The summed E-state index contributed by atoms with van der Waals surface area (Å²) < 4.78 is 6.59. The van der Waals surface area contributed by atoms with Crippen molar-refractivity contribution >= 4 is 22.4 Å². The van der Waals surface area contributed by atoms with E-state index in [1.165, 1.54) is 18.4 Å². The van der Waals surface area contributed by atoms with E-state index in [-0.39, 0.29) is 12.4 Å². The van der Waals surface area contributed by atoms with Crippen LogP contribution in [-0.4, -0.2) is 34.2 Å². The maximum atomic E-state index is 11.1. The van der Waals surface area contributed by atoms with E-state index in [1.54, 1.807) is 6.20 Å². The molecule has 0 aliphatic heterocycles. The number of esters is 1. The molecule has 0 aromatic carbocycles. The molecule has 1 N–H and O–H groups in total. The van der Waals surface area contributed by atoms with E-state index < -0.39 is 0 Å².